The maximum Gasteiger partial charge on any atom is 0.352 e. The molecule has 2 aromatic rings. The number of rotatable bonds is 1. The first-order chi connectivity index (χ1) is 6.59. The van der Waals surface area contributed by atoms with E-state index < -0.39 is 5.97 Å². The van der Waals surface area contributed by atoms with Gasteiger partial charge in [0.1, 0.15) is 10.8 Å². The Morgan fingerprint density at radius 3 is 2.86 bits per heavy atom. The molecule has 0 aromatic carbocycles. The van der Waals surface area contributed by atoms with Crippen molar-refractivity contribution >= 4 is 40.1 Å². The lowest BCUT2D eigenvalue weighted by Gasteiger charge is -1.94. The molecule has 0 radical (unpaired) electrons. The van der Waals surface area contributed by atoms with Gasteiger partial charge in [0.25, 0.3) is 0 Å². The molecule has 2 heterocycles. The Bertz CT molecular complexity index is 521. The van der Waals surface area contributed by atoms with Gasteiger partial charge in [-0.2, -0.15) is 0 Å². The van der Waals surface area contributed by atoms with Crippen molar-refractivity contribution in [2.75, 3.05) is 0 Å². The number of aromatic carboxylic acids is 1. The molecule has 0 unspecified atom stereocenters. The summed E-state index contributed by atoms with van der Waals surface area (Å²) in [5.41, 5.74) is 0.614. The molecular formula is C8H4Cl2N2O2. The van der Waals surface area contributed by atoms with Gasteiger partial charge >= 0.3 is 5.97 Å². The minimum atomic E-state index is -1.05. The highest BCUT2D eigenvalue weighted by Gasteiger charge is 2.11. The molecule has 6 heteroatoms. The van der Waals surface area contributed by atoms with E-state index in [1.54, 1.807) is 0 Å². The van der Waals surface area contributed by atoms with Crippen LogP contribution in [0.4, 0.5) is 0 Å². The van der Waals surface area contributed by atoms with Crippen LogP contribution in [0.25, 0.3) is 10.9 Å². The van der Waals surface area contributed by atoms with Crippen molar-refractivity contribution in [3.63, 3.8) is 0 Å². The monoisotopic (exact) mass is 230 g/mol. The molecule has 4 nitrogen and oxygen atoms in total. The lowest BCUT2D eigenvalue weighted by Crippen LogP contribution is -1.94. The highest BCUT2D eigenvalue weighted by atomic mass is 35.5. The predicted octanol–water partition coefficient (Wildman–Crippen LogP) is 2.57. The summed E-state index contributed by atoms with van der Waals surface area (Å²) < 4.78 is 0. The number of H-pyrrole nitrogens is 1. The zero-order valence-corrected chi connectivity index (χ0v) is 8.23. The van der Waals surface area contributed by atoms with Gasteiger partial charge in [-0.15, -0.1) is 0 Å². The Balaban J connectivity index is 2.77. The van der Waals surface area contributed by atoms with E-state index in [9.17, 15) is 4.79 Å². The Labute approximate surface area is 88.5 Å². The van der Waals surface area contributed by atoms with E-state index in [0.717, 1.165) is 0 Å². The van der Waals surface area contributed by atoms with Gasteiger partial charge in [0.05, 0.1) is 16.7 Å². The van der Waals surface area contributed by atoms with E-state index in [1.807, 2.05) is 0 Å². The third kappa shape index (κ3) is 1.32. The van der Waals surface area contributed by atoms with E-state index in [-0.39, 0.29) is 15.9 Å². The topological polar surface area (TPSA) is 66.0 Å². The molecular weight excluding hydrogens is 227 g/mol. The number of halogens is 2. The largest absolute Gasteiger partial charge is 0.477 e. The second-order valence-electron chi connectivity index (χ2n) is 2.68. The standard InChI is InChI=1S/C8H4Cl2N2O2/c9-6-3-1-4(8(13)14)12-5(3)2-11-7(6)10/h1-2,12H,(H,13,14). The van der Waals surface area contributed by atoms with Crippen molar-refractivity contribution in [1.82, 2.24) is 9.97 Å². The summed E-state index contributed by atoms with van der Waals surface area (Å²) in [5.74, 6) is -1.05. The number of hydrogen-bond acceptors (Lipinski definition) is 2. The third-order valence-electron chi connectivity index (χ3n) is 1.80. The van der Waals surface area contributed by atoms with Gasteiger partial charge in [0, 0.05) is 5.39 Å². The molecule has 0 fully saturated rings. The van der Waals surface area contributed by atoms with E-state index in [1.165, 1.54) is 12.3 Å². The molecule has 14 heavy (non-hydrogen) atoms. The molecule has 2 N–H and O–H groups in total. The second kappa shape index (κ2) is 3.15. The Hall–Kier alpha value is -1.26. The average molecular weight is 231 g/mol. The fourth-order valence-corrected chi connectivity index (χ4v) is 1.51. The minimum Gasteiger partial charge on any atom is -0.477 e. The lowest BCUT2D eigenvalue weighted by atomic mass is 10.3. The van der Waals surface area contributed by atoms with Gasteiger partial charge < -0.3 is 10.1 Å². The van der Waals surface area contributed by atoms with E-state index in [0.29, 0.717) is 10.9 Å². The van der Waals surface area contributed by atoms with E-state index in [4.69, 9.17) is 28.3 Å². The van der Waals surface area contributed by atoms with Crippen LogP contribution in [0.5, 0.6) is 0 Å². The number of carboxylic acids is 1. The maximum atomic E-state index is 10.6. The van der Waals surface area contributed by atoms with Crippen LogP contribution in [-0.4, -0.2) is 21.0 Å². The summed E-state index contributed by atoms with van der Waals surface area (Å²) in [6, 6.07) is 1.42. The van der Waals surface area contributed by atoms with Gasteiger partial charge in [-0.3, -0.25) is 0 Å². The number of aromatic nitrogens is 2. The van der Waals surface area contributed by atoms with Gasteiger partial charge in [-0.25, -0.2) is 9.78 Å². The predicted molar refractivity (Wildman–Crippen MR) is 53.1 cm³/mol. The van der Waals surface area contributed by atoms with Crippen LogP contribution in [-0.2, 0) is 0 Å². The Kier molecular flexibility index (Phi) is 2.09. The second-order valence-corrected chi connectivity index (χ2v) is 3.41. The smallest absolute Gasteiger partial charge is 0.352 e. The highest BCUT2D eigenvalue weighted by Crippen LogP contribution is 2.28. The molecule has 0 saturated heterocycles. The minimum absolute atomic E-state index is 0.0611. The first kappa shape index (κ1) is 9.30. The number of carbonyl (C=O) groups is 1. The van der Waals surface area contributed by atoms with Crippen molar-refractivity contribution in [3.8, 4) is 0 Å². The van der Waals surface area contributed by atoms with Crippen LogP contribution in [0.3, 0.4) is 0 Å². The number of nitrogens with zero attached hydrogens (tertiary/aromatic N) is 1. The van der Waals surface area contributed by atoms with Crippen molar-refractivity contribution in [2.24, 2.45) is 0 Å². The fraction of sp³-hybridized carbons (Fsp3) is 0. The number of carboxylic acid groups (broad SMARTS) is 1. The summed E-state index contributed by atoms with van der Waals surface area (Å²) in [5, 5.41) is 9.70. The Morgan fingerprint density at radius 2 is 2.21 bits per heavy atom. The van der Waals surface area contributed by atoms with Crippen LogP contribution in [0.15, 0.2) is 12.3 Å². The van der Waals surface area contributed by atoms with Crippen LogP contribution in [0.2, 0.25) is 10.2 Å². The summed E-state index contributed by atoms with van der Waals surface area (Å²) in [7, 11) is 0. The van der Waals surface area contributed by atoms with Gasteiger partial charge in [-0.05, 0) is 6.07 Å². The van der Waals surface area contributed by atoms with Crippen molar-refractivity contribution < 1.29 is 9.90 Å². The van der Waals surface area contributed by atoms with Gasteiger partial charge in [0.2, 0.25) is 0 Å². The SMILES string of the molecule is O=C(O)c1cc2c(Cl)c(Cl)ncc2[nH]1. The molecule has 2 aromatic heterocycles. The molecule has 72 valence electrons. The molecule has 0 aliphatic rings. The molecule has 0 saturated carbocycles. The molecule has 0 aliphatic heterocycles. The maximum absolute atomic E-state index is 10.6. The van der Waals surface area contributed by atoms with Gasteiger partial charge in [-0.1, -0.05) is 23.2 Å². The number of hydrogen-bond donors (Lipinski definition) is 2. The lowest BCUT2D eigenvalue weighted by molar-refractivity contribution is 0.0691. The van der Waals surface area contributed by atoms with Crippen LogP contribution >= 0.6 is 23.2 Å². The number of nitrogens with one attached hydrogen (secondary N) is 1. The average Bonchev–Trinajstić information content (AvgIpc) is 2.56. The normalized spacial score (nSPS) is 10.7. The van der Waals surface area contributed by atoms with E-state index >= 15 is 0 Å². The summed E-state index contributed by atoms with van der Waals surface area (Å²) in [6.07, 6.45) is 1.44. The summed E-state index contributed by atoms with van der Waals surface area (Å²) >= 11 is 11.5. The zero-order chi connectivity index (χ0) is 10.3. The van der Waals surface area contributed by atoms with Crippen LogP contribution < -0.4 is 0 Å². The molecule has 0 bridgehead atoms. The first-order valence-corrected chi connectivity index (χ1v) is 4.41. The molecule has 2 rings (SSSR count). The van der Waals surface area contributed by atoms with Crippen LogP contribution in [0, 0.1) is 0 Å². The van der Waals surface area contributed by atoms with Gasteiger partial charge in [0.15, 0.2) is 0 Å². The summed E-state index contributed by atoms with van der Waals surface area (Å²) in [4.78, 5) is 17.1. The highest BCUT2D eigenvalue weighted by molar-refractivity contribution is 6.44. The first-order valence-electron chi connectivity index (χ1n) is 3.65. The van der Waals surface area contributed by atoms with E-state index in [2.05, 4.69) is 9.97 Å². The van der Waals surface area contributed by atoms with Crippen LogP contribution in [0.1, 0.15) is 10.5 Å². The molecule has 0 atom stereocenters. The quantitative estimate of drug-likeness (QED) is 0.741. The zero-order valence-electron chi connectivity index (χ0n) is 6.71. The fourth-order valence-electron chi connectivity index (χ4n) is 1.16. The molecule has 0 spiro atoms. The van der Waals surface area contributed by atoms with Crippen molar-refractivity contribution in [3.05, 3.63) is 28.1 Å². The molecule has 0 amide bonds. The molecule has 0 aliphatic carbocycles. The number of pyridine rings is 1. The Morgan fingerprint density at radius 1 is 1.50 bits per heavy atom. The third-order valence-corrected chi connectivity index (χ3v) is 2.57. The van der Waals surface area contributed by atoms with Crippen molar-refractivity contribution in [1.29, 1.82) is 0 Å². The number of aromatic amines is 1. The van der Waals surface area contributed by atoms with Crippen molar-refractivity contribution in [2.45, 2.75) is 0 Å². The number of fused-ring (bicyclic) bond motifs is 1. The summed E-state index contributed by atoms with van der Waals surface area (Å²) in [6.45, 7) is 0.